The van der Waals surface area contributed by atoms with Gasteiger partial charge in [0, 0.05) is 19.5 Å². The molecule has 0 aliphatic carbocycles. The number of nitrogens with zero attached hydrogens (tertiary/aromatic N) is 3. The van der Waals surface area contributed by atoms with Crippen molar-refractivity contribution in [3.63, 3.8) is 0 Å². The highest BCUT2D eigenvalue weighted by Crippen LogP contribution is 2.13. The minimum Gasteiger partial charge on any atom is -0.352 e. The number of nitrogens with one attached hydrogen (secondary N) is 2. The first-order valence-corrected chi connectivity index (χ1v) is 12.2. The summed E-state index contributed by atoms with van der Waals surface area (Å²) in [6, 6.07) is 18.6. The van der Waals surface area contributed by atoms with E-state index >= 15 is 0 Å². The van der Waals surface area contributed by atoms with Gasteiger partial charge < -0.3 is 5.32 Å². The SMILES string of the molecule is O=C(CCn1nnc2ccccc2c1=O)NCc1cccc(S(=O)(=O)NCc2cccc(F)c2)c1. The standard InChI is InChI=1S/C24H22FN5O4S/c25-19-7-3-5-17(13-19)16-27-35(33,34)20-8-4-6-18(14-20)15-26-23(31)11-12-30-24(32)21-9-1-2-10-22(21)28-29-30/h1-10,13-14,27H,11-12,15-16H2,(H,26,31). The van der Waals surface area contributed by atoms with E-state index in [1.165, 1.54) is 30.3 Å². The Morgan fingerprint density at radius 3 is 2.49 bits per heavy atom. The second-order valence-electron chi connectivity index (χ2n) is 7.76. The van der Waals surface area contributed by atoms with Crippen LogP contribution >= 0.6 is 0 Å². The molecule has 2 N–H and O–H groups in total. The molecule has 0 atom stereocenters. The van der Waals surface area contributed by atoms with Gasteiger partial charge in [-0.15, -0.1) is 5.10 Å². The molecule has 3 aromatic carbocycles. The van der Waals surface area contributed by atoms with Gasteiger partial charge in [-0.25, -0.2) is 22.2 Å². The number of aromatic nitrogens is 3. The van der Waals surface area contributed by atoms with Crippen molar-refractivity contribution < 1.29 is 17.6 Å². The molecule has 0 aliphatic rings. The van der Waals surface area contributed by atoms with Gasteiger partial charge in [0.2, 0.25) is 15.9 Å². The Labute approximate surface area is 200 Å². The molecule has 1 amide bonds. The quantitative estimate of drug-likeness (QED) is 0.367. The van der Waals surface area contributed by atoms with Crippen molar-refractivity contribution in [3.05, 3.63) is 100 Å². The van der Waals surface area contributed by atoms with E-state index in [2.05, 4.69) is 20.4 Å². The average Bonchev–Trinajstić information content (AvgIpc) is 2.86. The lowest BCUT2D eigenvalue weighted by molar-refractivity contribution is -0.121. The molecule has 0 aliphatic heterocycles. The summed E-state index contributed by atoms with van der Waals surface area (Å²) >= 11 is 0. The summed E-state index contributed by atoms with van der Waals surface area (Å²) in [6.07, 6.45) is 0.000106. The molecular weight excluding hydrogens is 473 g/mol. The Balaban J connectivity index is 1.33. The molecule has 4 rings (SSSR count). The van der Waals surface area contributed by atoms with Gasteiger partial charge >= 0.3 is 0 Å². The van der Waals surface area contributed by atoms with Gasteiger partial charge in [0.15, 0.2) is 0 Å². The van der Waals surface area contributed by atoms with Gasteiger partial charge in [-0.1, -0.05) is 41.6 Å². The van der Waals surface area contributed by atoms with Crippen LogP contribution in [0.25, 0.3) is 10.9 Å². The Morgan fingerprint density at radius 2 is 1.69 bits per heavy atom. The molecule has 180 valence electrons. The molecule has 1 aromatic heterocycles. The Hall–Kier alpha value is -3.96. The minimum atomic E-state index is -3.84. The van der Waals surface area contributed by atoms with Gasteiger partial charge in [-0.05, 0) is 47.5 Å². The summed E-state index contributed by atoms with van der Waals surface area (Å²) in [5, 5.41) is 11.0. The predicted molar refractivity (Wildman–Crippen MR) is 127 cm³/mol. The number of halogens is 1. The van der Waals surface area contributed by atoms with E-state index in [4.69, 9.17) is 0 Å². The molecule has 1 heterocycles. The highest BCUT2D eigenvalue weighted by atomic mass is 32.2. The zero-order valence-electron chi connectivity index (χ0n) is 18.5. The van der Waals surface area contributed by atoms with E-state index in [9.17, 15) is 22.4 Å². The number of hydrogen-bond donors (Lipinski definition) is 2. The van der Waals surface area contributed by atoms with Crippen molar-refractivity contribution in [1.82, 2.24) is 25.0 Å². The number of hydrogen-bond acceptors (Lipinski definition) is 6. The van der Waals surface area contributed by atoms with E-state index in [-0.39, 0.29) is 42.4 Å². The van der Waals surface area contributed by atoms with Gasteiger partial charge in [0.25, 0.3) is 5.56 Å². The van der Waals surface area contributed by atoms with Crippen molar-refractivity contribution in [2.75, 3.05) is 0 Å². The smallest absolute Gasteiger partial charge is 0.277 e. The number of benzene rings is 3. The molecule has 0 fully saturated rings. The highest BCUT2D eigenvalue weighted by molar-refractivity contribution is 7.89. The molecule has 0 spiro atoms. The monoisotopic (exact) mass is 495 g/mol. The summed E-state index contributed by atoms with van der Waals surface area (Å²) in [5.41, 5.74) is 1.23. The van der Waals surface area contributed by atoms with Crippen LogP contribution in [-0.2, 0) is 34.5 Å². The first kappa shape index (κ1) is 24.2. The number of amides is 1. The fourth-order valence-corrected chi connectivity index (χ4v) is 4.49. The summed E-state index contributed by atoms with van der Waals surface area (Å²) in [4.78, 5) is 24.8. The van der Waals surface area contributed by atoms with Crippen molar-refractivity contribution in [2.24, 2.45) is 0 Å². The van der Waals surface area contributed by atoms with E-state index in [0.29, 0.717) is 22.0 Å². The minimum absolute atomic E-state index is 0.000106. The maximum absolute atomic E-state index is 13.3. The Bertz CT molecular complexity index is 1540. The largest absolute Gasteiger partial charge is 0.352 e. The molecule has 0 saturated heterocycles. The number of aryl methyl sites for hydroxylation is 1. The molecule has 4 aromatic rings. The lowest BCUT2D eigenvalue weighted by Crippen LogP contribution is -2.29. The van der Waals surface area contributed by atoms with E-state index in [1.54, 1.807) is 42.5 Å². The van der Waals surface area contributed by atoms with Crippen molar-refractivity contribution in [3.8, 4) is 0 Å². The van der Waals surface area contributed by atoms with E-state index in [1.807, 2.05) is 0 Å². The fraction of sp³-hybridized carbons (Fsp3) is 0.167. The molecular formula is C24H22FN5O4S. The van der Waals surface area contributed by atoms with Crippen LogP contribution in [0.1, 0.15) is 17.5 Å². The fourth-order valence-electron chi connectivity index (χ4n) is 3.40. The lowest BCUT2D eigenvalue weighted by Gasteiger charge is -2.10. The van der Waals surface area contributed by atoms with Crippen LogP contribution in [0.5, 0.6) is 0 Å². The van der Waals surface area contributed by atoms with Crippen LogP contribution in [0.4, 0.5) is 4.39 Å². The lowest BCUT2D eigenvalue weighted by atomic mass is 10.2. The van der Waals surface area contributed by atoms with Gasteiger partial charge in [-0.3, -0.25) is 9.59 Å². The van der Waals surface area contributed by atoms with Crippen molar-refractivity contribution in [2.45, 2.75) is 31.0 Å². The van der Waals surface area contributed by atoms with Crippen molar-refractivity contribution >= 4 is 26.8 Å². The molecule has 11 heteroatoms. The molecule has 0 bridgehead atoms. The predicted octanol–water partition coefficient (Wildman–Crippen LogP) is 2.12. The van der Waals surface area contributed by atoms with Gasteiger partial charge in [-0.2, -0.15) is 0 Å². The second-order valence-corrected chi connectivity index (χ2v) is 9.53. The summed E-state index contributed by atoms with van der Waals surface area (Å²) < 4.78 is 42.1. The molecule has 9 nitrogen and oxygen atoms in total. The maximum atomic E-state index is 13.3. The average molecular weight is 496 g/mol. The van der Waals surface area contributed by atoms with E-state index in [0.717, 1.165) is 4.68 Å². The highest BCUT2D eigenvalue weighted by Gasteiger charge is 2.15. The van der Waals surface area contributed by atoms with Crippen LogP contribution in [0, 0.1) is 5.82 Å². The summed E-state index contributed by atoms with van der Waals surface area (Å²) in [5.74, 6) is -0.777. The van der Waals surface area contributed by atoms with Gasteiger partial charge in [0.1, 0.15) is 11.3 Å². The maximum Gasteiger partial charge on any atom is 0.277 e. The molecule has 0 unspecified atom stereocenters. The third kappa shape index (κ3) is 6.14. The molecule has 35 heavy (non-hydrogen) atoms. The Kier molecular flexibility index (Phi) is 7.28. The first-order valence-electron chi connectivity index (χ1n) is 10.7. The molecule has 0 radical (unpaired) electrons. The molecule has 0 saturated carbocycles. The van der Waals surface area contributed by atoms with Crippen LogP contribution in [0.2, 0.25) is 0 Å². The van der Waals surface area contributed by atoms with Crippen molar-refractivity contribution in [1.29, 1.82) is 0 Å². The topological polar surface area (TPSA) is 123 Å². The zero-order valence-corrected chi connectivity index (χ0v) is 19.3. The first-order chi connectivity index (χ1) is 16.8. The Morgan fingerprint density at radius 1 is 0.943 bits per heavy atom. The van der Waals surface area contributed by atoms with Crippen LogP contribution in [-0.4, -0.2) is 29.3 Å². The normalized spacial score (nSPS) is 11.5. The van der Waals surface area contributed by atoms with Gasteiger partial charge in [0.05, 0.1) is 16.8 Å². The van der Waals surface area contributed by atoms with Crippen LogP contribution < -0.4 is 15.6 Å². The second kappa shape index (κ2) is 10.5. The third-order valence-corrected chi connectivity index (χ3v) is 6.63. The number of carbonyl (C=O) groups excluding carboxylic acids is 1. The number of carbonyl (C=O) groups is 1. The number of sulfonamides is 1. The zero-order chi connectivity index (χ0) is 24.8. The summed E-state index contributed by atoms with van der Waals surface area (Å²) in [7, 11) is -3.84. The third-order valence-electron chi connectivity index (χ3n) is 5.23. The number of rotatable bonds is 9. The van der Waals surface area contributed by atoms with E-state index < -0.39 is 15.8 Å². The van der Waals surface area contributed by atoms with Crippen LogP contribution in [0.15, 0.2) is 82.5 Å². The summed E-state index contributed by atoms with van der Waals surface area (Å²) in [6.45, 7) is 0.101. The number of fused-ring (bicyclic) bond motifs is 1. The van der Waals surface area contributed by atoms with Crippen LogP contribution in [0.3, 0.4) is 0 Å².